The lowest BCUT2D eigenvalue weighted by Gasteiger charge is -2.43. The van der Waals surface area contributed by atoms with E-state index in [9.17, 15) is 29.4 Å². The summed E-state index contributed by atoms with van der Waals surface area (Å²) in [5.74, 6) is -1.44. The molecule has 6 aromatic carbocycles. The molecular weight excluding hydrogens is 1230 g/mol. The van der Waals surface area contributed by atoms with Crippen molar-refractivity contribution in [3.8, 4) is 22.6 Å². The van der Waals surface area contributed by atoms with Crippen molar-refractivity contribution in [2.75, 3.05) is 19.8 Å². The zero-order chi connectivity index (χ0) is 72.6. The number of carboxylic acids is 2. The predicted molar refractivity (Wildman–Crippen MR) is 399 cm³/mol. The zero-order valence-corrected chi connectivity index (χ0v) is 64.0. The largest absolute Gasteiger partial charge is 0.484 e. The first-order valence-corrected chi connectivity index (χ1v) is 38.3. The number of aliphatic carboxylic acids is 2. The van der Waals surface area contributed by atoms with Crippen LogP contribution in [0, 0.1) is 44.4 Å². The van der Waals surface area contributed by atoms with Gasteiger partial charge in [-0.05, 0) is 204 Å². The number of carbonyl (C=O) groups excluding carboxylic acids is 2. The molecule has 97 heavy (non-hydrogen) atoms. The van der Waals surface area contributed by atoms with Crippen molar-refractivity contribution < 1.29 is 53.1 Å². The summed E-state index contributed by atoms with van der Waals surface area (Å²) in [4.78, 5) is 45.9. The van der Waals surface area contributed by atoms with Gasteiger partial charge in [-0.2, -0.15) is 0 Å². The third kappa shape index (κ3) is 20.8. The van der Waals surface area contributed by atoms with E-state index >= 15 is 0 Å². The molecule has 530 valence electrons. The summed E-state index contributed by atoms with van der Waals surface area (Å²) in [6.45, 7) is 47.1. The summed E-state index contributed by atoms with van der Waals surface area (Å²) in [5.41, 5.74) is 16.9. The Morgan fingerprint density at radius 2 is 0.969 bits per heavy atom. The summed E-state index contributed by atoms with van der Waals surface area (Å²) in [6.07, 6.45) is 7.94. The van der Waals surface area contributed by atoms with Crippen LogP contribution < -0.4 is 14.8 Å². The number of carboxylic acid groups (broad SMARTS) is 2. The van der Waals surface area contributed by atoms with Gasteiger partial charge in [-0.1, -0.05) is 219 Å². The molecule has 2 unspecified atom stereocenters. The third-order valence-corrected chi connectivity index (χ3v) is 25.6. The highest BCUT2D eigenvalue weighted by Crippen LogP contribution is 2.47. The highest BCUT2D eigenvalue weighted by Gasteiger charge is 2.42. The Bertz CT molecular complexity index is 3550. The van der Waals surface area contributed by atoms with Crippen LogP contribution in [0.25, 0.3) is 11.1 Å². The quantitative estimate of drug-likeness (QED) is 0.0271. The number of hydrogen-bond donors (Lipinski definition) is 4. The molecule has 12 nitrogen and oxygen atoms in total. The standard InChI is InChI=1S/C34H51NO5.C34H54O4Si.C16H14O2/c1-10-22(4)31(32(38)39)35-30(37)21-40-28-17-16-27(20-24(28)6)34(11-2,12-3)26-15-13-25(23(5)19-26)14-18-29(36)33(7,8)9;1-13-34(14-2,28-18-19-29(25(4)22-28)37-23-31(35)36)27-17-15-26(24(3)21-27)16-20-30(32(5,6)7)38-39(11,12)33(8,9)10;1-11(17)18-10-16-14-8-4-2-6-12(14)13-7-3-5-9-15(13)16/h13,15-17,19-20,22,29,31,36H,10-12,14,18,21H2,1-9H3,(H,35,37)(H,38,39);15,17-19,21-22,30H,13-14,16,20,23H2,1-12H3,(H,35,36);2-9,16H,10H2,1H3/t22-,29?,31-;;/m0../s1. The minimum absolute atomic E-state index is 0.0845. The summed E-state index contributed by atoms with van der Waals surface area (Å²) in [6, 6.07) is 41.8. The Balaban J connectivity index is 0.000000280. The Morgan fingerprint density at radius 1 is 0.557 bits per heavy atom. The maximum absolute atomic E-state index is 12.4. The van der Waals surface area contributed by atoms with Gasteiger partial charge < -0.3 is 39.3 Å². The SMILES string of the molecule is CC(=O)OCC1c2ccccc2-c2ccccc21.CCC(CC)(c1ccc(CCC(O[Si](C)(C)C(C)(C)C)C(C)(C)C)c(C)c1)c1ccc(OCC(=O)O)c(C)c1.CC[C@H](C)[C@H](NC(=O)COc1ccc(C(CC)(CC)c2ccc(CCC(O)C(C)(C)C)c(C)c2)cc1C)C(=O)O. The average Bonchev–Trinajstić information content (AvgIpc) is 1.66. The van der Waals surface area contributed by atoms with E-state index in [0.717, 1.165) is 62.5 Å². The molecule has 0 saturated carbocycles. The van der Waals surface area contributed by atoms with Gasteiger partial charge in [-0.15, -0.1) is 0 Å². The molecule has 4 atom stereocenters. The maximum Gasteiger partial charge on any atom is 0.341 e. The van der Waals surface area contributed by atoms with Crippen LogP contribution >= 0.6 is 0 Å². The van der Waals surface area contributed by atoms with E-state index in [0.29, 0.717) is 24.5 Å². The molecule has 7 rings (SSSR count). The highest BCUT2D eigenvalue weighted by molar-refractivity contribution is 6.74. The Kier molecular flexibility index (Phi) is 28.8. The number of aryl methyl sites for hydroxylation is 6. The van der Waals surface area contributed by atoms with Crippen molar-refractivity contribution in [3.63, 3.8) is 0 Å². The number of rotatable bonds is 28. The van der Waals surface area contributed by atoms with E-state index in [2.05, 4.69) is 207 Å². The fourth-order valence-electron chi connectivity index (χ4n) is 13.3. The van der Waals surface area contributed by atoms with Gasteiger partial charge in [0.2, 0.25) is 0 Å². The number of nitrogens with one attached hydrogen (secondary N) is 1. The van der Waals surface area contributed by atoms with Crippen molar-refractivity contribution in [2.24, 2.45) is 16.7 Å². The molecule has 6 aromatic rings. The number of amides is 1. The van der Waals surface area contributed by atoms with E-state index in [-0.39, 0.29) is 69.9 Å². The van der Waals surface area contributed by atoms with Gasteiger partial charge in [-0.3, -0.25) is 9.59 Å². The molecule has 4 N–H and O–H groups in total. The summed E-state index contributed by atoms with van der Waals surface area (Å²) >= 11 is 0. The van der Waals surface area contributed by atoms with Crippen LogP contribution in [0.3, 0.4) is 0 Å². The number of esters is 1. The Labute approximate surface area is 584 Å². The number of aliphatic hydroxyl groups is 1. The molecule has 0 spiro atoms. The molecule has 0 aliphatic heterocycles. The second kappa shape index (κ2) is 34.6. The smallest absolute Gasteiger partial charge is 0.341 e. The van der Waals surface area contributed by atoms with Crippen LogP contribution in [0.15, 0.2) is 121 Å². The van der Waals surface area contributed by atoms with Gasteiger partial charge in [-0.25, -0.2) is 9.59 Å². The fourth-order valence-corrected chi connectivity index (χ4v) is 14.8. The average molecular weight is 1350 g/mol. The number of benzene rings is 6. The number of ether oxygens (including phenoxy) is 3. The lowest BCUT2D eigenvalue weighted by molar-refractivity contribution is -0.143. The normalized spacial score (nSPS) is 13.9. The third-order valence-electron chi connectivity index (χ3n) is 21.2. The van der Waals surface area contributed by atoms with Gasteiger partial charge in [0.25, 0.3) is 5.91 Å². The van der Waals surface area contributed by atoms with Crippen molar-refractivity contribution >= 4 is 32.1 Å². The van der Waals surface area contributed by atoms with E-state index in [1.54, 1.807) is 0 Å². The molecule has 13 heteroatoms. The predicted octanol–water partition coefficient (Wildman–Crippen LogP) is 19.3. The summed E-state index contributed by atoms with van der Waals surface area (Å²) < 4.78 is 23.4. The molecule has 0 radical (unpaired) electrons. The molecular formula is C84H119NO11Si. The first-order valence-electron chi connectivity index (χ1n) is 35.4. The molecule has 0 saturated heterocycles. The molecule has 1 amide bonds. The van der Waals surface area contributed by atoms with Crippen molar-refractivity contribution in [1.29, 1.82) is 0 Å². The van der Waals surface area contributed by atoms with E-state index in [1.165, 1.54) is 73.7 Å². The Morgan fingerprint density at radius 3 is 1.33 bits per heavy atom. The first-order chi connectivity index (χ1) is 45.3. The molecule has 0 aromatic heterocycles. The van der Waals surface area contributed by atoms with Gasteiger partial charge in [0, 0.05) is 23.7 Å². The van der Waals surface area contributed by atoms with E-state index < -0.39 is 32.2 Å². The van der Waals surface area contributed by atoms with Crippen LogP contribution in [0.4, 0.5) is 0 Å². The monoisotopic (exact) mass is 1350 g/mol. The van der Waals surface area contributed by atoms with Crippen LogP contribution in [0.2, 0.25) is 18.1 Å². The van der Waals surface area contributed by atoms with Crippen LogP contribution in [0.5, 0.6) is 11.5 Å². The number of hydrogen-bond acceptors (Lipinski definition) is 9. The van der Waals surface area contributed by atoms with Crippen molar-refractivity contribution in [3.05, 3.63) is 188 Å². The molecule has 0 heterocycles. The maximum atomic E-state index is 12.4. The highest BCUT2D eigenvalue weighted by atomic mass is 28.4. The van der Waals surface area contributed by atoms with Gasteiger partial charge in [0.15, 0.2) is 21.5 Å². The molecule has 0 fully saturated rings. The van der Waals surface area contributed by atoms with E-state index in [4.69, 9.17) is 23.7 Å². The van der Waals surface area contributed by atoms with Gasteiger partial charge in [0.1, 0.15) is 24.1 Å². The van der Waals surface area contributed by atoms with Gasteiger partial charge >= 0.3 is 17.9 Å². The summed E-state index contributed by atoms with van der Waals surface area (Å²) in [7, 11) is -1.87. The van der Waals surface area contributed by atoms with Gasteiger partial charge in [0.05, 0.1) is 12.2 Å². The minimum atomic E-state index is -1.87. The summed E-state index contributed by atoms with van der Waals surface area (Å²) in [5, 5.41) is 31.7. The fraction of sp³-hybridized carbons (Fsp3) is 0.524. The first kappa shape index (κ1) is 80.6. The number of fused-ring (bicyclic) bond motifs is 3. The Hall–Kier alpha value is -7.06. The molecule has 1 aliphatic rings. The topological polar surface area (TPSA) is 178 Å². The van der Waals surface area contributed by atoms with Crippen molar-refractivity contribution in [2.45, 2.75) is 249 Å². The van der Waals surface area contributed by atoms with Crippen LogP contribution in [-0.2, 0) is 52.0 Å². The number of carbonyl (C=O) groups is 4. The zero-order valence-electron chi connectivity index (χ0n) is 63.0. The number of aliphatic hydroxyl groups excluding tert-OH is 1. The van der Waals surface area contributed by atoms with Crippen LogP contribution in [-0.4, -0.2) is 85.5 Å². The van der Waals surface area contributed by atoms with Crippen molar-refractivity contribution in [1.82, 2.24) is 5.32 Å². The van der Waals surface area contributed by atoms with Crippen LogP contribution in [0.1, 0.15) is 228 Å². The molecule has 1 aliphatic carbocycles. The lowest BCUT2D eigenvalue weighted by atomic mass is 9.69. The minimum Gasteiger partial charge on any atom is -0.484 e. The molecule has 0 bridgehead atoms. The van der Waals surface area contributed by atoms with E-state index in [1.807, 2.05) is 64.1 Å². The lowest BCUT2D eigenvalue weighted by Crippen LogP contribution is -2.47. The second-order valence-electron chi connectivity index (χ2n) is 30.8. The second-order valence-corrected chi connectivity index (χ2v) is 35.5.